The molecule has 0 aliphatic carbocycles. The van der Waals surface area contributed by atoms with E-state index in [2.05, 4.69) is 15.0 Å². The molecule has 15 heteroatoms. The van der Waals surface area contributed by atoms with Crippen LogP contribution in [-0.4, -0.2) is 39.9 Å². The lowest BCUT2D eigenvalue weighted by molar-refractivity contribution is 0.922. The van der Waals surface area contributed by atoms with Crippen LogP contribution in [0.2, 0.25) is 10.3 Å². The van der Waals surface area contributed by atoms with Crippen LogP contribution in [-0.2, 0) is 0 Å². The van der Waals surface area contributed by atoms with Gasteiger partial charge in [0.05, 0.1) is 30.1 Å². The fourth-order valence-electron chi connectivity index (χ4n) is 5.62. The first kappa shape index (κ1) is 31.6. The van der Waals surface area contributed by atoms with E-state index >= 15 is 0 Å². The number of hydrogen-bond donors (Lipinski definition) is 0. The highest BCUT2D eigenvalue weighted by molar-refractivity contribution is 7.19. The zero-order valence-electron chi connectivity index (χ0n) is 26.4. The Kier molecular flexibility index (Phi) is 8.16. The lowest BCUT2D eigenvalue weighted by atomic mass is 10.1. The average Bonchev–Trinajstić information content (AvgIpc) is 3.80. The van der Waals surface area contributed by atoms with Gasteiger partial charge in [0, 0.05) is 53.2 Å². The lowest BCUT2D eigenvalue weighted by Crippen LogP contribution is -2.37. The topological polar surface area (TPSA) is 110 Å². The van der Waals surface area contributed by atoms with Crippen LogP contribution in [0.5, 0.6) is 0 Å². The van der Waals surface area contributed by atoms with Gasteiger partial charge in [-0.05, 0) is 75.2 Å². The Bertz CT molecular complexity index is 2530. The highest BCUT2D eigenvalue weighted by atomic mass is 35.5. The van der Waals surface area contributed by atoms with E-state index in [1.54, 1.807) is 52.6 Å². The Hall–Kier alpha value is -4.66. The normalized spacial score (nSPS) is 11.5. The van der Waals surface area contributed by atoms with Gasteiger partial charge in [0.2, 0.25) is 0 Å². The predicted molar refractivity (Wildman–Crippen MR) is 201 cm³/mol. The van der Waals surface area contributed by atoms with Crippen LogP contribution in [0.25, 0.3) is 42.7 Å². The summed E-state index contributed by atoms with van der Waals surface area (Å²) in [5.74, 6) is 1.82. The smallest absolute Gasteiger partial charge is 0.181 e. The number of hydrogen-bond acceptors (Lipinski definition) is 13. The fourth-order valence-corrected chi connectivity index (χ4v) is 8.44. The molecule has 8 aromatic rings. The van der Waals surface area contributed by atoms with Gasteiger partial charge in [-0.3, -0.25) is 4.98 Å². The molecule has 0 aliphatic rings. The summed E-state index contributed by atoms with van der Waals surface area (Å²) >= 11 is 17.4. The van der Waals surface area contributed by atoms with Crippen molar-refractivity contribution in [3.63, 3.8) is 0 Å². The zero-order chi connectivity index (χ0) is 33.8. The van der Waals surface area contributed by atoms with E-state index in [0.29, 0.717) is 38.8 Å². The Morgan fingerprint density at radius 3 is 1.65 bits per heavy atom. The van der Waals surface area contributed by atoms with Crippen molar-refractivity contribution in [2.45, 2.75) is 27.7 Å². The Labute approximate surface area is 302 Å². The fraction of sp³-hybridized carbons (Fsp3) is 0.118. The van der Waals surface area contributed by atoms with Crippen molar-refractivity contribution >= 4 is 101 Å². The maximum atomic E-state index is 6.32. The minimum Gasteiger partial charge on any atom is -0.261 e. The first-order valence-corrected chi connectivity index (χ1v) is 18.2. The van der Waals surface area contributed by atoms with Crippen molar-refractivity contribution in [1.82, 2.24) is 39.9 Å². The van der Waals surface area contributed by atoms with Gasteiger partial charge in [0.1, 0.15) is 21.3 Å². The third-order valence-corrected chi connectivity index (χ3v) is 10.8. The Morgan fingerprint density at radius 2 is 1.14 bits per heavy atom. The van der Waals surface area contributed by atoms with E-state index in [9.17, 15) is 0 Å². The molecule has 8 heterocycles. The first-order chi connectivity index (χ1) is 23.7. The number of anilines is 4. The zero-order valence-corrected chi connectivity index (χ0v) is 30.3. The third-order valence-electron chi connectivity index (χ3n) is 7.64. The molecule has 0 N–H and O–H groups in total. The van der Waals surface area contributed by atoms with Crippen LogP contribution in [0.1, 0.15) is 20.7 Å². The van der Waals surface area contributed by atoms with E-state index in [4.69, 9.17) is 48.1 Å². The number of aromatic nitrogens is 8. The van der Waals surface area contributed by atoms with Crippen LogP contribution in [0.15, 0.2) is 72.8 Å². The number of aryl methyl sites for hydroxylation is 4. The van der Waals surface area contributed by atoms with Gasteiger partial charge >= 0.3 is 0 Å². The maximum absolute atomic E-state index is 6.32. The molecule has 0 spiro atoms. The summed E-state index contributed by atoms with van der Waals surface area (Å²) in [5.41, 5.74) is 6.67. The molecule has 0 fully saturated rings. The van der Waals surface area contributed by atoms with Crippen LogP contribution in [0.3, 0.4) is 0 Å². The minimum absolute atomic E-state index is 0.404. The largest absolute Gasteiger partial charge is 0.261 e. The van der Waals surface area contributed by atoms with Gasteiger partial charge in [-0.25, -0.2) is 44.9 Å². The molecule has 0 aliphatic heterocycles. The third kappa shape index (κ3) is 5.87. The molecule has 8 rings (SSSR count). The van der Waals surface area contributed by atoms with Crippen LogP contribution in [0.4, 0.5) is 23.1 Å². The van der Waals surface area contributed by atoms with Gasteiger partial charge in [-0.15, -0.1) is 34.0 Å². The molecule has 242 valence electrons. The van der Waals surface area contributed by atoms with E-state index < -0.39 is 0 Å². The number of halogens is 2. The molecule has 0 aromatic carbocycles. The molecule has 49 heavy (non-hydrogen) atoms. The molecule has 0 amide bonds. The van der Waals surface area contributed by atoms with Gasteiger partial charge in [-0.2, -0.15) is 0 Å². The summed E-state index contributed by atoms with van der Waals surface area (Å²) < 4.78 is 1.92. The van der Waals surface area contributed by atoms with Gasteiger partial charge in [0.15, 0.2) is 17.5 Å². The first-order valence-electron chi connectivity index (χ1n) is 14.9. The molecule has 0 saturated heterocycles. The van der Waals surface area contributed by atoms with Crippen LogP contribution in [0, 0.1) is 27.7 Å². The molecular weight excluding hydrogens is 716 g/mol. The standard InChI is InChI=1S/C34H24Cl2N10S3/c1-17-11-23(7-10-37-17)45(33-29-31(48-19(3)43-29)24(14-40-33)21-5-8-38-26(35)12-21)46(28-16-47-18(2)42-28)34-30-32(49-20(4)44-30)25(15-41-34)22-6-9-39-27(36)13-22/h5-16H,1-4H3. The van der Waals surface area contributed by atoms with Crippen molar-refractivity contribution < 1.29 is 0 Å². The van der Waals surface area contributed by atoms with Crippen molar-refractivity contribution in [3.05, 3.63) is 104 Å². The molecule has 0 bridgehead atoms. The summed E-state index contributed by atoms with van der Waals surface area (Å²) in [5, 5.41) is 9.48. The molecule has 10 nitrogen and oxygen atoms in total. The van der Waals surface area contributed by atoms with Gasteiger partial charge < -0.3 is 0 Å². The van der Waals surface area contributed by atoms with Crippen LogP contribution < -0.4 is 10.0 Å². The molecular formula is C34H24Cl2N10S3. The number of fused-ring (bicyclic) bond motifs is 2. The monoisotopic (exact) mass is 738 g/mol. The number of hydrazine groups is 1. The average molecular weight is 740 g/mol. The number of rotatable bonds is 7. The SMILES string of the molecule is Cc1cc(N(c2ncc(-c3ccnc(Cl)c3)c3sc(C)nc23)N(c2csc(C)n2)c2ncc(-c3ccnc(Cl)c3)c3sc(C)nc23)ccn1. The summed E-state index contributed by atoms with van der Waals surface area (Å²) in [6.07, 6.45) is 8.89. The highest BCUT2D eigenvalue weighted by Crippen LogP contribution is 2.45. The van der Waals surface area contributed by atoms with E-state index in [-0.39, 0.29) is 0 Å². The molecule has 0 atom stereocenters. The van der Waals surface area contributed by atoms with Gasteiger partial charge in [-0.1, -0.05) is 23.2 Å². The van der Waals surface area contributed by atoms with Crippen molar-refractivity contribution in [1.29, 1.82) is 0 Å². The molecule has 0 unspecified atom stereocenters. The van der Waals surface area contributed by atoms with Crippen LogP contribution >= 0.6 is 57.2 Å². The van der Waals surface area contributed by atoms with Crippen molar-refractivity contribution in [2.24, 2.45) is 0 Å². The summed E-state index contributed by atoms with van der Waals surface area (Å²) in [7, 11) is 0. The quantitative estimate of drug-likeness (QED) is 0.116. The van der Waals surface area contributed by atoms with E-state index in [1.807, 2.05) is 91.9 Å². The van der Waals surface area contributed by atoms with Crippen molar-refractivity contribution in [2.75, 3.05) is 10.0 Å². The van der Waals surface area contributed by atoms with Gasteiger partial charge in [0.25, 0.3) is 0 Å². The second-order valence-electron chi connectivity index (χ2n) is 11.1. The highest BCUT2D eigenvalue weighted by Gasteiger charge is 2.32. The Morgan fingerprint density at radius 1 is 0.592 bits per heavy atom. The lowest BCUT2D eigenvalue weighted by Gasteiger charge is -2.35. The maximum Gasteiger partial charge on any atom is 0.181 e. The minimum atomic E-state index is 0.404. The second kappa shape index (κ2) is 12.7. The molecule has 8 aromatic heterocycles. The predicted octanol–water partition coefficient (Wildman–Crippen LogP) is 10.1. The number of thiazole rings is 3. The number of nitrogens with zero attached hydrogens (tertiary/aromatic N) is 10. The Balaban J connectivity index is 1.42. The second-order valence-corrected chi connectivity index (χ2v) is 15.3. The van der Waals surface area contributed by atoms with E-state index in [1.165, 1.54) is 0 Å². The van der Waals surface area contributed by atoms with Crippen molar-refractivity contribution in [3.8, 4) is 22.3 Å². The summed E-state index contributed by atoms with van der Waals surface area (Å²) in [6.45, 7) is 7.93. The molecule has 0 saturated carbocycles. The summed E-state index contributed by atoms with van der Waals surface area (Å²) in [4.78, 5) is 38.2. The molecule has 0 radical (unpaired) electrons. The van der Waals surface area contributed by atoms with E-state index in [0.717, 1.165) is 58.1 Å². The number of pyridine rings is 5. The summed E-state index contributed by atoms with van der Waals surface area (Å²) in [6, 6.07) is 11.5.